The molecule has 0 spiro atoms. The van der Waals surface area contributed by atoms with Crippen molar-refractivity contribution in [3.63, 3.8) is 0 Å². The molecule has 0 radical (unpaired) electrons. The number of halogens is 17. The lowest BCUT2D eigenvalue weighted by atomic mass is 9.89. The van der Waals surface area contributed by atoms with Crippen molar-refractivity contribution >= 4 is 5.97 Å². The van der Waals surface area contributed by atoms with E-state index in [-0.39, 0.29) is 11.1 Å². The molecule has 36 heavy (non-hydrogen) atoms. The van der Waals surface area contributed by atoms with E-state index in [4.69, 9.17) is 0 Å². The van der Waals surface area contributed by atoms with Crippen molar-refractivity contribution < 1.29 is 84.2 Å². The van der Waals surface area contributed by atoms with Gasteiger partial charge in [0.05, 0.1) is 0 Å². The van der Waals surface area contributed by atoms with Gasteiger partial charge in [0, 0.05) is 0 Å². The molecule has 0 fully saturated rings. The zero-order valence-electron chi connectivity index (χ0n) is 17.0. The first-order chi connectivity index (χ1) is 15.5. The minimum Gasteiger partial charge on any atom is -0.422 e. The maximum absolute atomic E-state index is 13.8. The van der Waals surface area contributed by atoms with Gasteiger partial charge in [0.25, 0.3) is 0 Å². The topological polar surface area (TPSA) is 26.3 Å². The molecule has 0 atom stereocenters. The van der Waals surface area contributed by atoms with E-state index in [9.17, 15) is 79.4 Å². The van der Waals surface area contributed by atoms with Gasteiger partial charge >= 0.3 is 53.6 Å². The maximum Gasteiger partial charge on any atom is 0.460 e. The van der Waals surface area contributed by atoms with Crippen LogP contribution in [-0.2, 0) is 4.79 Å². The van der Waals surface area contributed by atoms with Crippen LogP contribution in [0.3, 0.4) is 0 Å². The Labute approximate surface area is 188 Å². The second kappa shape index (κ2) is 8.53. The van der Waals surface area contributed by atoms with Crippen LogP contribution in [0.4, 0.5) is 74.6 Å². The van der Waals surface area contributed by atoms with Crippen molar-refractivity contribution in [1.29, 1.82) is 0 Å². The molecule has 0 saturated heterocycles. The molecule has 0 aliphatic carbocycles. The van der Waals surface area contributed by atoms with Crippen molar-refractivity contribution in [3.8, 4) is 5.75 Å². The molecule has 0 heterocycles. The van der Waals surface area contributed by atoms with Crippen LogP contribution < -0.4 is 4.74 Å². The number of carbonyl (C=O) groups excluding carboxylic acids is 1. The molecule has 1 aromatic rings. The van der Waals surface area contributed by atoms with Crippen LogP contribution >= 0.6 is 0 Å². The third-order valence-corrected chi connectivity index (χ3v) is 4.38. The summed E-state index contributed by atoms with van der Waals surface area (Å²) >= 11 is 0. The Morgan fingerprint density at radius 2 is 0.833 bits per heavy atom. The van der Waals surface area contributed by atoms with E-state index in [1.807, 2.05) is 0 Å². The van der Waals surface area contributed by atoms with Gasteiger partial charge in [0.2, 0.25) is 0 Å². The quantitative estimate of drug-likeness (QED) is 0.188. The number of hydrogen-bond acceptors (Lipinski definition) is 2. The summed E-state index contributed by atoms with van der Waals surface area (Å²) in [6, 6.07) is 2.50. The van der Waals surface area contributed by atoms with Gasteiger partial charge in [-0.1, -0.05) is 6.07 Å². The van der Waals surface area contributed by atoms with E-state index in [2.05, 4.69) is 4.74 Å². The Morgan fingerprint density at radius 1 is 0.528 bits per heavy atom. The molecule has 0 aromatic heterocycles. The van der Waals surface area contributed by atoms with Gasteiger partial charge < -0.3 is 4.74 Å². The van der Waals surface area contributed by atoms with Crippen molar-refractivity contribution in [2.45, 2.75) is 61.5 Å². The van der Waals surface area contributed by atoms with Crippen LogP contribution in [0.1, 0.15) is 11.1 Å². The van der Waals surface area contributed by atoms with Crippen LogP contribution in [0.15, 0.2) is 18.2 Å². The van der Waals surface area contributed by atoms with Crippen molar-refractivity contribution in [1.82, 2.24) is 0 Å². The van der Waals surface area contributed by atoms with Gasteiger partial charge in [-0.3, -0.25) is 0 Å². The molecule has 0 saturated carbocycles. The highest BCUT2D eigenvalue weighted by atomic mass is 19.4. The first-order valence-corrected chi connectivity index (χ1v) is 8.56. The van der Waals surface area contributed by atoms with E-state index in [0.29, 0.717) is 12.1 Å². The minimum atomic E-state index is -8.76. The summed E-state index contributed by atoms with van der Waals surface area (Å²) in [6.07, 6.45) is -7.84. The predicted molar refractivity (Wildman–Crippen MR) is 82.2 cm³/mol. The first-order valence-electron chi connectivity index (χ1n) is 8.56. The van der Waals surface area contributed by atoms with Crippen LogP contribution in [0.25, 0.3) is 0 Å². The number of carbonyl (C=O) groups is 1. The number of benzene rings is 1. The summed E-state index contributed by atoms with van der Waals surface area (Å²) in [7, 11) is 0. The summed E-state index contributed by atoms with van der Waals surface area (Å²) in [5.41, 5.74) is 0.106. The van der Waals surface area contributed by atoms with Gasteiger partial charge in [-0.2, -0.15) is 74.6 Å². The number of esters is 1. The molecule has 0 bridgehead atoms. The predicted octanol–water partition coefficient (Wildman–Crippen LogP) is 7.22. The summed E-state index contributed by atoms with van der Waals surface area (Å²) < 4.78 is 228. The highest BCUT2D eigenvalue weighted by Gasteiger charge is 2.96. The van der Waals surface area contributed by atoms with E-state index in [1.54, 1.807) is 0 Å². The minimum absolute atomic E-state index is 0.0530. The molecule has 19 heteroatoms. The molecule has 0 amide bonds. The molecule has 2 nitrogen and oxygen atoms in total. The number of ether oxygens (including phenoxy) is 1. The Bertz CT molecular complexity index is 973. The Kier molecular flexibility index (Phi) is 7.47. The molecule has 208 valence electrons. The largest absolute Gasteiger partial charge is 0.460 e. The maximum atomic E-state index is 13.8. The van der Waals surface area contributed by atoms with Crippen LogP contribution in [0.5, 0.6) is 5.75 Å². The molecule has 0 aliphatic rings. The zero-order chi connectivity index (χ0) is 29.1. The first kappa shape index (κ1) is 31.5. The summed E-state index contributed by atoms with van der Waals surface area (Å²) in [4.78, 5) is 11.4. The summed E-state index contributed by atoms with van der Waals surface area (Å²) in [6.45, 7) is 2.37. The average Bonchev–Trinajstić information content (AvgIpc) is 2.65. The lowest BCUT2D eigenvalue weighted by molar-refractivity contribution is -0.459. The molecule has 1 aromatic carbocycles. The second-order valence-electron chi connectivity index (χ2n) is 7.23. The average molecular weight is 568 g/mol. The van der Waals surface area contributed by atoms with E-state index in [1.165, 1.54) is 19.9 Å². The van der Waals surface area contributed by atoms with Gasteiger partial charge in [0.15, 0.2) is 0 Å². The highest BCUT2D eigenvalue weighted by Crippen LogP contribution is 2.64. The van der Waals surface area contributed by atoms with Crippen molar-refractivity contribution in [2.75, 3.05) is 0 Å². The zero-order valence-corrected chi connectivity index (χ0v) is 17.0. The normalized spacial score (nSPS) is 15.2. The molecule has 0 N–H and O–H groups in total. The Balaban J connectivity index is 3.59. The fourth-order valence-corrected chi connectivity index (χ4v) is 2.45. The van der Waals surface area contributed by atoms with E-state index >= 15 is 0 Å². The van der Waals surface area contributed by atoms with Gasteiger partial charge in [-0.05, 0) is 37.1 Å². The highest BCUT2D eigenvalue weighted by molar-refractivity contribution is 5.81. The SMILES string of the molecule is Cc1cc(C)cc(OC(=O)C(F)(F)C(F)(F)C(F)(F)C(F)(F)C(F)(F)C(F)(F)C(F)(F)C(F)(F)F)c1. The van der Waals surface area contributed by atoms with Gasteiger partial charge in [-0.15, -0.1) is 0 Å². The van der Waals surface area contributed by atoms with Crippen molar-refractivity contribution in [3.05, 3.63) is 29.3 Å². The molecular formula is C17H9F17O2. The number of aryl methyl sites for hydroxylation is 2. The lowest BCUT2D eigenvalue weighted by Crippen LogP contribution is -2.75. The molecule has 0 aliphatic heterocycles. The van der Waals surface area contributed by atoms with Crippen molar-refractivity contribution in [2.24, 2.45) is 0 Å². The monoisotopic (exact) mass is 568 g/mol. The second-order valence-corrected chi connectivity index (χ2v) is 7.23. The molecular weight excluding hydrogens is 559 g/mol. The van der Waals surface area contributed by atoms with Gasteiger partial charge in [-0.25, -0.2) is 4.79 Å². The summed E-state index contributed by atoms with van der Waals surface area (Å²) in [5, 5.41) is 0. The molecule has 0 unspecified atom stereocenters. The fraction of sp³-hybridized carbons (Fsp3) is 0.588. The summed E-state index contributed by atoms with van der Waals surface area (Å²) in [5.74, 6) is -63.3. The number of hydrogen-bond donors (Lipinski definition) is 0. The van der Waals surface area contributed by atoms with Crippen LogP contribution in [-0.4, -0.2) is 53.6 Å². The fourth-order valence-electron chi connectivity index (χ4n) is 2.45. The van der Waals surface area contributed by atoms with Crippen LogP contribution in [0.2, 0.25) is 0 Å². The number of rotatable bonds is 8. The molecule has 1 rings (SSSR count). The Morgan fingerprint density at radius 3 is 1.17 bits per heavy atom. The van der Waals surface area contributed by atoms with Gasteiger partial charge in [0.1, 0.15) is 5.75 Å². The third-order valence-electron chi connectivity index (χ3n) is 4.38. The standard InChI is InChI=1S/C17H9F17O2/c1-6-3-7(2)5-8(4-6)36-9(35)10(18,19)11(20,21)12(22,23)13(24,25)14(26,27)15(28,29)16(30,31)17(32,33)34/h3-5H,1-2H3. The smallest absolute Gasteiger partial charge is 0.422 e. The third kappa shape index (κ3) is 4.31. The van der Waals surface area contributed by atoms with E-state index in [0.717, 1.165) is 0 Å². The lowest BCUT2D eigenvalue weighted by Gasteiger charge is -2.42. The van der Waals surface area contributed by atoms with Crippen LogP contribution in [0, 0.1) is 13.8 Å². The van der Waals surface area contributed by atoms with E-state index < -0.39 is 59.4 Å². The number of alkyl halides is 17. The Hall–Kier alpha value is -2.50.